The minimum atomic E-state index is -4.54. The van der Waals surface area contributed by atoms with Crippen LogP contribution in [0.3, 0.4) is 0 Å². The van der Waals surface area contributed by atoms with Crippen molar-refractivity contribution in [1.29, 1.82) is 0 Å². The van der Waals surface area contributed by atoms with Crippen LogP contribution in [0.1, 0.15) is 29.8 Å². The maximum absolute atomic E-state index is 13.0. The summed E-state index contributed by atoms with van der Waals surface area (Å²) < 4.78 is 46.6. The molecular formula is C24H26ClF3N4O2. The van der Waals surface area contributed by atoms with Crippen molar-refractivity contribution in [2.75, 3.05) is 25.0 Å². The minimum Gasteiger partial charge on any atom is -0.492 e. The van der Waals surface area contributed by atoms with Crippen molar-refractivity contribution in [3.63, 3.8) is 0 Å². The molecule has 0 spiro atoms. The summed E-state index contributed by atoms with van der Waals surface area (Å²) >= 11 is 6.34. The summed E-state index contributed by atoms with van der Waals surface area (Å²) in [6, 6.07) is 9.22. The highest BCUT2D eigenvalue weighted by molar-refractivity contribution is 6.33. The van der Waals surface area contributed by atoms with Crippen molar-refractivity contribution in [3.8, 4) is 17.0 Å². The van der Waals surface area contributed by atoms with Crippen LogP contribution in [-0.2, 0) is 13.2 Å². The monoisotopic (exact) mass is 494 g/mol. The molecule has 34 heavy (non-hydrogen) atoms. The maximum Gasteiger partial charge on any atom is 0.416 e. The Hall–Kier alpha value is -3.04. The number of nitrogens with zero attached hydrogens (tertiary/aromatic N) is 2. The molecule has 1 heterocycles. The summed E-state index contributed by atoms with van der Waals surface area (Å²) in [6.45, 7) is 6.14. The maximum atomic E-state index is 13.0. The van der Waals surface area contributed by atoms with Gasteiger partial charge in [0.25, 0.3) is 5.91 Å². The molecular weight excluding hydrogens is 469 g/mol. The third-order valence-electron chi connectivity index (χ3n) is 4.93. The highest BCUT2D eigenvalue weighted by Crippen LogP contribution is 2.37. The number of carbonyl (C=O) groups excluding carboxylic acids is 1. The van der Waals surface area contributed by atoms with Crippen molar-refractivity contribution in [3.05, 3.63) is 64.8 Å². The Labute approximate surface area is 201 Å². The van der Waals surface area contributed by atoms with E-state index in [9.17, 15) is 18.0 Å². The van der Waals surface area contributed by atoms with Gasteiger partial charge in [-0.3, -0.25) is 9.48 Å². The highest BCUT2D eigenvalue weighted by atomic mass is 35.5. The zero-order valence-corrected chi connectivity index (χ0v) is 19.8. The topological polar surface area (TPSA) is 68.2 Å². The lowest BCUT2D eigenvalue weighted by atomic mass is 10.1. The second-order valence-corrected chi connectivity index (χ2v) is 8.56. The molecule has 2 aromatic carbocycles. The fourth-order valence-corrected chi connectivity index (χ4v) is 3.56. The predicted octanol–water partition coefficient (Wildman–Crippen LogP) is 5.64. The number of alkyl halides is 3. The third-order valence-corrected chi connectivity index (χ3v) is 5.20. The smallest absolute Gasteiger partial charge is 0.416 e. The van der Waals surface area contributed by atoms with Crippen molar-refractivity contribution < 1.29 is 22.7 Å². The second kappa shape index (κ2) is 10.9. The van der Waals surface area contributed by atoms with Crippen LogP contribution in [0.25, 0.3) is 11.3 Å². The molecule has 6 nitrogen and oxygen atoms in total. The normalized spacial score (nSPS) is 11.6. The van der Waals surface area contributed by atoms with Crippen molar-refractivity contribution >= 4 is 23.2 Å². The molecule has 3 rings (SSSR count). The Morgan fingerprint density at radius 3 is 2.62 bits per heavy atom. The SMILES string of the molecule is CC(C)CNCCOc1ccc(NC(=O)c2cccc(C(F)(F)F)c2)cc1-c1c(Cl)cnn1C. The number of rotatable bonds is 9. The van der Waals surface area contributed by atoms with Gasteiger partial charge < -0.3 is 15.4 Å². The molecule has 0 unspecified atom stereocenters. The van der Waals surface area contributed by atoms with Gasteiger partial charge in [0, 0.05) is 30.4 Å². The van der Waals surface area contributed by atoms with Crippen LogP contribution >= 0.6 is 11.6 Å². The summed E-state index contributed by atoms with van der Waals surface area (Å²) in [6.07, 6.45) is -3.04. The zero-order valence-electron chi connectivity index (χ0n) is 19.0. The van der Waals surface area contributed by atoms with Gasteiger partial charge >= 0.3 is 6.18 Å². The fraction of sp³-hybridized carbons (Fsp3) is 0.333. The van der Waals surface area contributed by atoms with Crippen LogP contribution < -0.4 is 15.4 Å². The first kappa shape index (κ1) is 25.6. The lowest BCUT2D eigenvalue weighted by Gasteiger charge is -2.15. The molecule has 0 saturated carbocycles. The number of aryl methyl sites for hydroxylation is 1. The van der Waals surface area contributed by atoms with Crippen molar-refractivity contribution in [2.24, 2.45) is 13.0 Å². The Bertz CT molecular complexity index is 1130. The molecule has 0 atom stereocenters. The van der Waals surface area contributed by atoms with E-state index in [-0.39, 0.29) is 5.56 Å². The van der Waals surface area contributed by atoms with Gasteiger partial charge in [0.2, 0.25) is 0 Å². The molecule has 0 radical (unpaired) electrons. The fourth-order valence-electron chi connectivity index (χ4n) is 3.30. The van der Waals surface area contributed by atoms with E-state index in [0.29, 0.717) is 46.8 Å². The molecule has 0 bridgehead atoms. The molecule has 182 valence electrons. The molecule has 1 amide bonds. The molecule has 0 saturated heterocycles. The van der Waals surface area contributed by atoms with Crippen molar-refractivity contribution in [1.82, 2.24) is 15.1 Å². The molecule has 0 aliphatic rings. The van der Waals surface area contributed by atoms with E-state index in [1.54, 1.807) is 29.9 Å². The minimum absolute atomic E-state index is 0.105. The van der Waals surface area contributed by atoms with Crippen molar-refractivity contribution in [2.45, 2.75) is 20.0 Å². The third kappa shape index (κ3) is 6.51. The Morgan fingerprint density at radius 1 is 1.21 bits per heavy atom. The first-order valence-corrected chi connectivity index (χ1v) is 11.1. The number of amides is 1. The number of benzene rings is 2. The molecule has 10 heteroatoms. The quantitative estimate of drug-likeness (QED) is 0.378. The lowest BCUT2D eigenvalue weighted by molar-refractivity contribution is -0.137. The van der Waals surface area contributed by atoms with Crippen LogP contribution in [0.15, 0.2) is 48.7 Å². The van der Waals surface area contributed by atoms with E-state index in [2.05, 4.69) is 29.6 Å². The number of aromatic nitrogens is 2. The van der Waals surface area contributed by atoms with Gasteiger partial charge in [-0.05, 0) is 48.9 Å². The molecule has 0 fully saturated rings. The number of anilines is 1. The van der Waals surface area contributed by atoms with E-state index in [4.69, 9.17) is 16.3 Å². The number of nitrogens with one attached hydrogen (secondary N) is 2. The van der Waals surface area contributed by atoms with Gasteiger partial charge in [0.15, 0.2) is 0 Å². The Balaban J connectivity index is 1.84. The summed E-state index contributed by atoms with van der Waals surface area (Å²) in [5, 5.41) is 10.5. The van der Waals surface area contributed by atoms with Crippen LogP contribution in [-0.4, -0.2) is 35.4 Å². The van der Waals surface area contributed by atoms with E-state index < -0.39 is 17.6 Å². The van der Waals surface area contributed by atoms with Gasteiger partial charge in [0.1, 0.15) is 12.4 Å². The van der Waals surface area contributed by atoms with Gasteiger partial charge in [0.05, 0.1) is 22.5 Å². The molecule has 0 aliphatic heterocycles. The summed E-state index contributed by atoms with van der Waals surface area (Å²) in [5.41, 5.74) is 0.557. The number of halogens is 4. The number of carbonyl (C=O) groups is 1. The van der Waals surface area contributed by atoms with Crippen LogP contribution in [0.2, 0.25) is 5.02 Å². The largest absolute Gasteiger partial charge is 0.492 e. The molecule has 1 aromatic heterocycles. The Kier molecular flexibility index (Phi) is 8.22. The van der Waals surface area contributed by atoms with E-state index in [1.807, 2.05) is 0 Å². The van der Waals surface area contributed by atoms with E-state index in [1.165, 1.54) is 18.3 Å². The standard InChI is InChI=1S/C24H26ClF3N4O2/c1-15(2)13-29-9-10-34-21-8-7-18(12-19(21)22-20(25)14-30-32(22)3)31-23(33)16-5-4-6-17(11-16)24(26,27)28/h4-8,11-12,14-15,29H,9-10,13H2,1-3H3,(H,31,33). The van der Waals surface area contributed by atoms with Crippen LogP contribution in [0.4, 0.5) is 18.9 Å². The highest BCUT2D eigenvalue weighted by Gasteiger charge is 2.31. The molecule has 0 aliphatic carbocycles. The van der Waals surface area contributed by atoms with E-state index in [0.717, 1.165) is 18.7 Å². The zero-order chi connectivity index (χ0) is 24.9. The number of hydrogen-bond acceptors (Lipinski definition) is 4. The van der Waals surface area contributed by atoms with E-state index >= 15 is 0 Å². The summed E-state index contributed by atoms with van der Waals surface area (Å²) in [7, 11) is 1.73. The van der Waals surface area contributed by atoms with Crippen LogP contribution in [0.5, 0.6) is 5.75 Å². The first-order chi connectivity index (χ1) is 16.1. The number of hydrogen-bond donors (Lipinski definition) is 2. The average molecular weight is 495 g/mol. The molecule has 3 aromatic rings. The number of ether oxygens (including phenoxy) is 1. The van der Waals surface area contributed by atoms with Crippen LogP contribution in [0, 0.1) is 5.92 Å². The average Bonchev–Trinajstić information content (AvgIpc) is 3.11. The van der Waals surface area contributed by atoms with Gasteiger partial charge in [-0.15, -0.1) is 0 Å². The van der Waals surface area contributed by atoms with Gasteiger partial charge in [-0.1, -0.05) is 31.5 Å². The van der Waals surface area contributed by atoms with Gasteiger partial charge in [-0.2, -0.15) is 18.3 Å². The Morgan fingerprint density at radius 2 is 1.97 bits per heavy atom. The summed E-state index contributed by atoms with van der Waals surface area (Å²) in [5.74, 6) is 0.386. The molecule has 2 N–H and O–H groups in total. The van der Waals surface area contributed by atoms with Gasteiger partial charge in [-0.25, -0.2) is 0 Å². The summed E-state index contributed by atoms with van der Waals surface area (Å²) in [4.78, 5) is 12.6. The lowest BCUT2D eigenvalue weighted by Crippen LogP contribution is -2.25. The predicted molar refractivity (Wildman–Crippen MR) is 126 cm³/mol. The second-order valence-electron chi connectivity index (χ2n) is 8.15. The first-order valence-electron chi connectivity index (χ1n) is 10.7.